The van der Waals surface area contributed by atoms with E-state index >= 15 is 0 Å². The number of imidazole rings is 1. The zero-order valence-electron chi connectivity index (χ0n) is 11.9. The number of aromatic nitrogens is 4. The van der Waals surface area contributed by atoms with Crippen LogP contribution in [0.25, 0.3) is 0 Å². The molecule has 3 rings (SSSR count). The Morgan fingerprint density at radius 3 is 2.86 bits per heavy atom. The second-order valence-electron chi connectivity index (χ2n) is 5.11. The van der Waals surface area contributed by atoms with E-state index in [1.54, 1.807) is 18.5 Å². The highest BCUT2D eigenvalue weighted by Gasteiger charge is 2.18. The van der Waals surface area contributed by atoms with Crippen molar-refractivity contribution in [1.29, 1.82) is 0 Å². The minimum absolute atomic E-state index is 0.194. The van der Waals surface area contributed by atoms with E-state index in [4.69, 9.17) is 5.11 Å². The lowest BCUT2D eigenvalue weighted by molar-refractivity contribution is 0.192. The molecule has 1 aliphatic rings. The quantitative estimate of drug-likeness (QED) is 0.833. The van der Waals surface area contributed by atoms with Gasteiger partial charge in [-0.05, 0) is 12.5 Å². The molecule has 0 spiro atoms. The zero-order chi connectivity index (χ0) is 14.5. The fourth-order valence-corrected chi connectivity index (χ4v) is 2.61. The molecule has 0 saturated carbocycles. The number of β-amino-alcohol motifs (C(OH)–C–C–N with tert-alkyl or cyclic N) is 1. The van der Waals surface area contributed by atoms with Crippen LogP contribution in [0.3, 0.4) is 0 Å². The Labute approximate surface area is 123 Å². The Balaban J connectivity index is 1.71. The third-order valence-electron chi connectivity index (χ3n) is 3.68. The normalized spacial score (nSPS) is 15.5. The van der Waals surface area contributed by atoms with Gasteiger partial charge in [0.2, 0.25) is 5.95 Å². The summed E-state index contributed by atoms with van der Waals surface area (Å²) in [6.45, 7) is 4.33. The Kier molecular flexibility index (Phi) is 4.42. The third kappa shape index (κ3) is 3.37. The van der Waals surface area contributed by atoms with E-state index in [9.17, 15) is 0 Å². The number of hydrogen-bond acceptors (Lipinski definition) is 6. The highest BCUT2D eigenvalue weighted by molar-refractivity contribution is 5.26. The van der Waals surface area contributed by atoms with Crippen LogP contribution in [0.1, 0.15) is 17.8 Å². The number of aliphatic hydroxyl groups is 1. The molecule has 0 amide bonds. The van der Waals surface area contributed by atoms with Gasteiger partial charge in [-0.15, -0.1) is 0 Å². The minimum Gasteiger partial charge on any atom is -0.395 e. The van der Waals surface area contributed by atoms with Gasteiger partial charge in [-0.25, -0.2) is 15.0 Å². The summed E-state index contributed by atoms with van der Waals surface area (Å²) >= 11 is 0. The Morgan fingerprint density at radius 1 is 1.19 bits per heavy atom. The molecule has 0 aromatic carbocycles. The van der Waals surface area contributed by atoms with Crippen LogP contribution >= 0.6 is 0 Å². The first-order valence-corrected chi connectivity index (χ1v) is 7.24. The second-order valence-corrected chi connectivity index (χ2v) is 5.11. The van der Waals surface area contributed by atoms with Crippen LogP contribution in [0.15, 0.2) is 24.8 Å². The molecule has 0 saturated heterocycles. The summed E-state index contributed by atoms with van der Waals surface area (Å²) in [5.41, 5.74) is 2.23. The number of aryl methyl sites for hydroxylation is 1. The summed E-state index contributed by atoms with van der Waals surface area (Å²) < 4.78 is 2.21. The number of hydrogen-bond donors (Lipinski definition) is 2. The lowest BCUT2D eigenvalue weighted by Crippen LogP contribution is -2.27. The summed E-state index contributed by atoms with van der Waals surface area (Å²) in [6.07, 6.45) is 6.41. The van der Waals surface area contributed by atoms with E-state index in [1.165, 1.54) is 5.69 Å². The van der Waals surface area contributed by atoms with Crippen molar-refractivity contribution in [2.75, 3.05) is 25.0 Å². The molecular weight excluding hydrogens is 268 g/mol. The highest BCUT2D eigenvalue weighted by atomic mass is 16.3. The van der Waals surface area contributed by atoms with Gasteiger partial charge in [0.05, 0.1) is 30.9 Å². The topological polar surface area (TPSA) is 79.1 Å². The van der Waals surface area contributed by atoms with Crippen LogP contribution in [0, 0.1) is 0 Å². The van der Waals surface area contributed by atoms with Crippen molar-refractivity contribution in [3.05, 3.63) is 36.2 Å². The maximum absolute atomic E-state index is 9.14. The van der Waals surface area contributed by atoms with Crippen LogP contribution in [-0.2, 0) is 19.6 Å². The van der Waals surface area contributed by atoms with Crippen LogP contribution in [0.5, 0.6) is 0 Å². The smallest absolute Gasteiger partial charge is 0.222 e. The maximum atomic E-state index is 9.14. The van der Waals surface area contributed by atoms with Crippen molar-refractivity contribution in [1.82, 2.24) is 24.4 Å². The van der Waals surface area contributed by atoms with Crippen LogP contribution in [-0.4, -0.2) is 49.2 Å². The molecule has 0 fully saturated rings. The Morgan fingerprint density at radius 2 is 2.05 bits per heavy atom. The van der Waals surface area contributed by atoms with E-state index in [2.05, 4.69) is 29.7 Å². The molecule has 1 aliphatic heterocycles. The summed E-state index contributed by atoms with van der Waals surface area (Å²) in [4.78, 5) is 15.1. The number of anilines is 1. The van der Waals surface area contributed by atoms with Gasteiger partial charge in [0, 0.05) is 38.6 Å². The molecule has 0 radical (unpaired) electrons. The number of nitrogens with zero attached hydrogens (tertiary/aromatic N) is 5. The van der Waals surface area contributed by atoms with E-state index in [1.807, 2.05) is 6.33 Å². The number of nitrogens with one attached hydrogen (secondary N) is 1. The summed E-state index contributed by atoms with van der Waals surface area (Å²) in [6, 6.07) is 1.79. The summed E-state index contributed by atoms with van der Waals surface area (Å²) in [5, 5.41) is 12.3. The molecule has 21 heavy (non-hydrogen) atoms. The summed E-state index contributed by atoms with van der Waals surface area (Å²) in [5.74, 6) is 0.611. The van der Waals surface area contributed by atoms with Gasteiger partial charge in [-0.3, -0.25) is 4.90 Å². The van der Waals surface area contributed by atoms with Crippen molar-refractivity contribution in [2.24, 2.45) is 0 Å². The zero-order valence-corrected chi connectivity index (χ0v) is 11.9. The minimum atomic E-state index is 0.194. The predicted molar refractivity (Wildman–Crippen MR) is 78.6 cm³/mol. The van der Waals surface area contributed by atoms with Crippen molar-refractivity contribution in [3.63, 3.8) is 0 Å². The van der Waals surface area contributed by atoms with Gasteiger partial charge in [0.15, 0.2) is 0 Å². The Bertz CT molecular complexity index is 570. The van der Waals surface area contributed by atoms with Crippen molar-refractivity contribution in [3.8, 4) is 0 Å². The fourth-order valence-electron chi connectivity index (χ4n) is 2.61. The molecule has 0 unspecified atom stereocenters. The lowest BCUT2D eigenvalue weighted by atomic mass is 10.3. The predicted octanol–water partition coefficient (Wildman–Crippen LogP) is 0.483. The summed E-state index contributed by atoms with van der Waals surface area (Å²) in [7, 11) is 0. The molecule has 2 N–H and O–H groups in total. The molecule has 0 atom stereocenters. The van der Waals surface area contributed by atoms with Crippen LogP contribution in [0.4, 0.5) is 5.95 Å². The van der Waals surface area contributed by atoms with E-state index in [0.29, 0.717) is 19.0 Å². The van der Waals surface area contributed by atoms with Gasteiger partial charge in [0.25, 0.3) is 0 Å². The largest absolute Gasteiger partial charge is 0.395 e. The van der Waals surface area contributed by atoms with Gasteiger partial charge in [0.1, 0.15) is 0 Å². The van der Waals surface area contributed by atoms with E-state index in [-0.39, 0.29) is 6.61 Å². The molecular formula is C14H20N6O. The molecule has 0 bridgehead atoms. The van der Waals surface area contributed by atoms with Crippen molar-refractivity contribution in [2.45, 2.75) is 26.1 Å². The molecule has 2 aromatic heterocycles. The van der Waals surface area contributed by atoms with Gasteiger partial charge < -0.3 is 15.0 Å². The highest BCUT2D eigenvalue weighted by Crippen LogP contribution is 2.16. The average molecular weight is 288 g/mol. The Hall–Kier alpha value is -1.99. The molecule has 0 aliphatic carbocycles. The first-order valence-electron chi connectivity index (χ1n) is 7.24. The van der Waals surface area contributed by atoms with Crippen LogP contribution < -0.4 is 5.32 Å². The SMILES string of the molecule is OCCN1CCCn2cnc(CNc3ncccn3)c2C1. The molecule has 7 heteroatoms. The average Bonchev–Trinajstić information content (AvgIpc) is 2.77. The third-order valence-corrected chi connectivity index (χ3v) is 3.68. The fraction of sp³-hybridized carbons (Fsp3) is 0.500. The first-order chi connectivity index (χ1) is 10.4. The van der Waals surface area contributed by atoms with Gasteiger partial charge in [-0.1, -0.05) is 0 Å². The van der Waals surface area contributed by atoms with Crippen LogP contribution in [0.2, 0.25) is 0 Å². The molecule has 7 nitrogen and oxygen atoms in total. The molecule has 112 valence electrons. The standard InChI is InChI=1S/C14H20N6O/c21-8-7-19-5-2-6-20-11-18-12(13(20)10-19)9-17-14-15-3-1-4-16-14/h1,3-4,11,21H,2,5-10H2,(H,15,16,17). The van der Waals surface area contributed by atoms with Crippen molar-refractivity contribution >= 4 is 5.95 Å². The monoisotopic (exact) mass is 288 g/mol. The number of aliphatic hydroxyl groups excluding tert-OH is 1. The van der Waals surface area contributed by atoms with Crippen molar-refractivity contribution < 1.29 is 5.11 Å². The number of rotatable bonds is 5. The van der Waals surface area contributed by atoms with Gasteiger partial charge >= 0.3 is 0 Å². The first kappa shape index (κ1) is 14.0. The van der Waals surface area contributed by atoms with E-state index in [0.717, 1.165) is 31.7 Å². The maximum Gasteiger partial charge on any atom is 0.222 e. The molecule has 3 heterocycles. The number of fused-ring (bicyclic) bond motifs is 1. The lowest BCUT2D eigenvalue weighted by Gasteiger charge is -2.18. The van der Waals surface area contributed by atoms with E-state index < -0.39 is 0 Å². The second kappa shape index (κ2) is 6.64. The molecule has 2 aromatic rings. The van der Waals surface area contributed by atoms with Gasteiger partial charge in [-0.2, -0.15) is 0 Å².